The van der Waals surface area contributed by atoms with E-state index in [-0.39, 0.29) is 0 Å². The van der Waals surface area contributed by atoms with Crippen LogP contribution in [0.25, 0.3) is 0 Å². The lowest BCUT2D eigenvalue weighted by Gasteiger charge is -2.18. The molecule has 0 unspecified atom stereocenters. The molecule has 0 radical (unpaired) electrons. The monoisotopic (exact) mass is 293 g/mol. The summed E-state index contributed by atoms with van der Waals surface area (Å²) in [5, 5.41) is 0.563. The van der Waals surface area contributed by atoms with Crippen LogP contribution in [-0.4, -0.2) is 18.2 Å². The fourth-order valence-corrected chi connectivity index (χ4v) is 2.98. The molecule has 5 heteroatoms. The third-order valence-corrected chi connectivity index (χ3v) is 4.13. The molecule has 1 aliphatic rings. The zero-order valence-electron chi connectivity index (χ0n) is 10.1. The number of aromatic nitrogens is 1. The average molecular weight is 294 g/mol. The first-order chi connectivity index (χ1) is 9.33. The van der Waals surface area contributed by atoms with E-state index in [9.17, 15) is 0 Å². The van der Waals surface area contributed by atoms with Gasteiger partial charge in [-0.3, -0.25) is 0 Å². The second-order valence-corrected chi connectivity index (χ2v) is 5.45. The number of thioether (sulfide) groups is 1. The van der Waals surface area contributed by atoms with Crippen LogP contribution in [0.15, 0.2) is 41.4 Å². The first kappa shape index (κ1) is 12.6. The van der Waals surface area contributed by atoms with Gasteiger partial charge in [-0.15, -0.1) is 11.8 Å². The zero-order valence-corrected chi connectivity index (χ0v) is 11.7. The van der Waals surface area contributed by atoms with Crippen molar-refractivity contribution in [2.24, 2.45) is 0 Å². The molecule has 0 spiro atoms. The summed E-state index contributed by atoms with van der Waals surface area (Å²) in [4.78, 5) is 5.20. The smallest absolute Gasteiger partial charge is 0.162 e. The molecular weight excluding hydrogens is 282 g/mol. The molecule has 98 valence electrons. The summed E-state index contributed by atoms with van der Waals surface area (Å²) in [5.41, 5.74) is 1.03. The van der Waals surface area contributed by atoms with Crippen molar-refractivity contribution in [3.63, 3.8) is 0 Å². The average Bonchev–Trinajstić information content (AvgIpc) is 2.46. The Morgan fingerprint density at radius 3 is 2.84 bits per heavy atom. The lowest BCUT2D eigenvalue weighted by Crippen LogP contribution is -2.15. The highest BCUT2D eigenvalue weighted by Crippen LogP contribution is 2.35. The maximum absolute atomic E-state index is 6.04. The molecule has 0 aliphatic carbocycles. The second kappa shape index (κ2) is 5.72. The Morgan fingerprint density at radius 2 is 2.00 bits per heavy atom. The fourth-order valence-electron chi connectivity index (χ4n) is 1.80. The van der Waals surface area contributed by atoms with Gasteiger partial charge in [0.1, 0.15) is 18.4 Å². The second-order valence-electron chi connectivity index (χ2n) is 4.05. The van der Waals surface area contributed by atoms with Crippen LogP contribution in [0.5, 0.6) is 11.5 Å². The third-order valence-electron chi connectivity index (χ3n) is 2.74. The van der Waals surface area contributed by atoms with E-state index in [0.29, 0.717) is 18.4 Å². The summed E-state index contributed by atoms with van der Waals surface area (Å²) in [5.74, 6) is 2.41. The van der Waals surface area contributed by atoms with Crippen LogP contribution in [-0.2, 0) is 5.75 Å². The van der Waals surface area contributed by atoms with E-state index in [1.807, 2.05) is 30.3 Å². The number of hydrogen-bond acceptors (Lipinski definition) is 4. The number of benzene rings is 1. The minimum absolute atomic E-state index is 0.563. The molecule has 1 aliphatic heterocycles. The van der Waals surface area contributed by atoms with E-state index < -0.39 is 0 Å². The highest BCUT2D eigenvalue weighted by molar-refractivity contribution is 7.98. The third kappa shape index (κ3) is 2.96. The van der Waals surface area contributed by atoms with Crippen molar-refractivity contribution in [2.75, 3.05) is 13.2 Å². The molecule has 1 aromatic carbocycles. The van der Waals surface area contributed by atoms with E-state index in [2.05, 4.69) is 4.98 Å². The topological polar surface area (TPSA) is 31.4 Å². The molecule has 0 atom stereocenters. The maximum Gasteiger partial charge on any atom is 0.162 e. The van der Waals surface area contributed by atoms with Crippen LogP contribution in [0, 0.1) is 0 Å². The Hall–Kier alpha value is -1.39. The zero-order chi connectivity index (χ0) is 13.1. The van der Waals surface area contributed by atoms with Gasteiger partial charge in [-0.1, -0.05) is 17.7 Å². The van der Waals surface area contributed by atoms with Gasteiger partial charge < -0.3 is 9.47 Å². The SMILES string of the molecule is Clc1ncccc1CSc1ccc2c(c1)OCCO2. The maximum atomic E-state index is 6.04. The van der Waals surface area contributed by atoms with E-state index in [1.165, 1.54) is 0 Å². The summed E-state index contributed by atoms with van der Waals surface area (Å²) in [6, 6.07) is 9.86. The van der Waals surface area contributed by atoms with Gasteiger partial charge in [0.2, 0.25) is 0 Å². The van der Waals surface area contributed by atoms with Gasteiger partial charge in [-0.2, -0.15) is 0 Å². The Balaban J connectivity index is 1.72. The van der Waals surface area contributed by atoms with Crippen LogP contribution in [0.1, 0.15) is 5.56 Å². The Morgan fingerprint density at radius 1 is 1.16 bits per heavy atom. The lowest BCUT2D eigenvalue weighted by atomic mass is 10.3. The highest BCUT2D eigenvalue weighted by atomic mass is 35.5. The largest absolute Gasteiger partial charge is 0.486 e. The normalized spacial score (nSPS) is 13.3. The number of halogens is 1. The summed E-state index contributed by atoms with van der Waals surface area (Å²) in [7, 11) is 0. The summed E-state index contributed by atoms with van der Waals surface area (Å²) in [6.07, 6.45) is 1.70. The van der Waals surface area contributed by atoms with Gasteiger partial charge in [-0.25, -0.2) is 4.98 Å². The Bertz CT molecular complexity index is 591. The predicted molar refractivity (Wildman–Crippen MR) is 76.2 cm³/mol. The molecule has 0 amide bonds. The minimum atomic E-state index is 0.563. The van der Waals surface area contributed by atoms with Gasteiger partial charge in [-0.05, 0) is 29.8 Å². The molecule has 0 N–H and O–H groups in total. The Kier molecular flexibility index (Phi) is 3.80. The number of ether oxygens (including phenoxy) is 2. The minimum Gasteiger partial charge on any atom is -0.486 e. The lowest BCUT2D eigenvalue weighted by molar-refractivity contribution is 0.171. The number of pyridine rings is 1. The van der Waals surface area contributed by atoms with Crippen molar-refractivity contribution in [1.29, 1.82) is 0 Å². The van der Waals surface area contributed by atoms with Crippen molar-refractivity contribution in [2.45, 2.75) is 10.6 Å². The van der Waals surface area contributed by atoms with E-state index in [4.69, 9.17) is 21.1 Å². The van der Waals surface area contributed by atoms with Crippen molar-refractivity contribution in [3.05, 3.63) is 47.2 Å². The fraction of sp³-hybridized carbons (Fsp3) is 0.214. The molecule has 0 bridgehead atoms. The molecule has 19 heavy (non-hydrogen) atoms. The number of hydrogen-bond donors (Lipinski definition) is 0. The van der Waals surface area contributed by atoms with Crippen LogP contribution in [0.3, 0.4) is 0 Å². The first-order valence-electron chi connectivity index (χ1n) is 5.95. The Labute approximate surface area is 120 Å². The molecule has 1 aromatic heterocycles. The highest BCUT2D eigenvalue weighted by Gasteiger charge is 2.12. The van der Waals surface area contributed by atoms with Crippen LogP contribution in [0.2, 0.25) is 5.15 Å². The van der Waals surface area contributed by atoms with Crippen molar-refractivity contribution >= 4 is 23.4 Å². The molecule has 3 nitrogen and oxygen atoms in total. The predicted octanol–water partition coefficient (Wildman–Crippen LogP) is 3.80. The summed E-state index contributed by atoms with van der Waals surface area (Å²) < 4.78 is 11.1. The molecule has 0 saturated carbocycles. The van der Waals surface area contributed by atoms with Crippen LogP contribution >= 0.6 is 23.4 Å². The molecule has 0 fully saturated rings. The van der Waals surface area contributed by atoms with E-state index >= 15 is 0 Å². The number of fused-ring (bicyclic) bond motifs is 1. The van der Waals surface area contributed by atoms with Gasteiger partial charge in [0.15, 0.2) is 11.5 Å². The van der Waals surface area contributed by atoms with Crippen molar-refractivity contribution in [1.82, 2.24) is 4.98 Å². The van der Waals surface area contributed by atoms with Crippen molar-refractivity contribution in [3.8, 4) is 11.5 Å². The van der Waals surface area contributed by atoms with E-state index in [1.54, 1.807) is 18.0 Å². The summed E-state index contributed by atoms with van der Waals surface area (Å²) >= 11 is 7.74. The molecule has 2 aromatic rings. The van der Waals surface area contributed by atoms with Gasteiger partial charge in [0.25, 0.3) is 0 Å². The molecule has 0 saturated heterocycles. The first-order valence-corrected chi connectivity index (χ1v) is 7.31. The van der Waals surface area contributed by atoms with Crippen LogP contribution in [0.4, 0.5) is 0 Å². The van der Waals surface area contributed by atoms with Crippen molar-refractivity contribution < 1.29 is 9.47 Å². The standard InChI is InChI=1S/C14H12ClNO2S/c15-14-10(2-1-5-16-14)9-19-11-3-4-12-13(8-11)18-7-6-17-12/h1-5,8H,6-7,9H2. The molecular formula is C14H12ClNO2S. The van der Waals surface area contributed by atoms with Gasteiger partial charge >= 0.3 is 0 Å². The molecule has 2 heterocycles. The van der Waals surface area contributed by atoms with Crippen LogP contribution < -0.4 is 9.47 Å². The van der Waals surface area contributed by atoms with E-state index in [0.717, 1.165) is 27.7 Å². The quantitative estimate of drug-likeness (QED) is 0.636. The number of nitrogens with zero attached hydrogens (tertiary/aromatic N) is 1. The van der Waals surface area contributed by atoms with Gasteiger partial charge in [0.05, 0.1) is 0 Å². The number of rotatable bonds is 3. The summed E-state index contributed by atoms with van der Waals surface area (Å²) in [6.45, 7) is 1.22. The van der Waals surface area contributed by atoms with Gasteiger partial charge in [0, 0.05) is 16.8 Å². The molecule has 3 rings (SSSR count).